The Bertz CT molecular complexity index is 878. The second kappa shape index (κ2) is 49.3. The van der Waals surface area contributed by atoms with Crippen LogP contribution >= 0.6 is 0 Å². The third kappa shape index (κ3) is 45.9. The molecule has 0 aromatic heterocycles. The number of esters is 1. The van der Waals surface area contributed by atoms with E-state index in [-0.39, 0.29) is 18.5 Å². The molecule has 2 unspecified atom stereocenters. The second-order valence-corrected chi connectivity index (χ2v) is 18.2. The lowest BCUT2D eigenvalue weighted by Gasteiger charge is -2.22. The molecule has 0 aliphatic rings. The van der Waals surface area contributed by atoms with Gasteiger partial charge in [0.15, 0.2) is 0 Å². The van der Waals surface area contributed by atoms with Gasteiger partial charge >= 0.3 is 5.97 Å². The zero-order chi connectivity index (χ0) is 43.0. The Balaban J connectivity index is 3.48. The van der Waals surface area contributed by atoms with Gasteiger partial charge in [0.2, 0.25) is 5.91 Å². The Morgan fingerprint density at radius 2 is 0.797 bits per heavy atom. The molecule has 6 nitrogen and oxygen atoms in total. The molecule has 2 atom stereocenters. The van der Waals surface area contributed by atoms with Crippen LogP contribution in [0.5, 0.6) is 0 Å². The van der Waals surface area contributed by atoms with Gasteiger partial charge in [-0.25, -0.2) is 0 Å². The standard InChI is InChI=1S/C53H103NO5/c1-3-5-7-9-11-13-15-17-19-20-22-27-31-35-39-43-47-53(58)59-48-44-40-36-32-28-24-23-26-30-34-38-42-46-52(57)54-50(49-55)51(56)45-41-37-33-29-25-21-18-16-14-12-10-8-6-4-2/h24,28,50-51,55-56H,3-23,25-27,29-49H2,1-2H3,(H,54,57)/b28-24-. The smallest absolute Gasteiger partial charge is 0.305 e. The van der Waals surface area contributed by atoms with Gasteiger partial charge in [0.25, 0.3) is 0 Å². The van der Waals surface area contributed by atoms with Crippen molar-refractivity contribution < 1.29 is 24.5 Å². The summed E-state index contributed by atoms with van der Waals surface area (Å²) in [6, 6.07) is -0.558. The van der Waals surface area contributed by atoms with Gasteiger partial charge in [-0.15, -0.1) is 0 Å². The van der Waals surface area contributed by atoms with E-state index in [1.807, 2.05) is 0 Å². The van der Waals surface area contributed by atoms with Crippen molar-refractivity contribution in [2.24, 2.45) is 0 Å². The van der Waals surface area contributed by atoms with Gasteiger partial charge in [0, 0.05) is 12.8 Å². The van der Waals surface area contributed by atoms with E-state index < -0.39 is 12.1 Å². The van der Waals surface area contributed by atoms with E-state index in [0.717, 1.165) is 77.0 Å². The minimum Gasteiger partial charge on any atom is -0.466 e. The number of allylic oxidation sites excluding steroid dienone is 2. The molecule has 0 fully saturated rings. The van der Waals surface area contributed by atoms with Gasteiger partial charge in [-0.1, -0.05) is 231 Å². The number of unbranched alkanes of at least 4 members (excludes halogenated alkanes) is 36. The Morgan fingerprint density at radius 1 is 0.458 bits per heavy atom. The number of rotatable bonds is 49. The van der Waals surface area contributed by atoms with Crippen molar-refractivity contribution in [3.63, 3.8) is 0 Å². The summed E-state index contributed by atoms with van der Waals surface area (Å²) < 4.78 is 5.45. The molecule has 0 radical (unpaired) electrons. The molecule has 0 spiro atoms. The molecular weight excluding hydrogens is 731 g/mol. The summed E-state index contributed by atoms with van der Waals surface area (Å²) in [5, 5.41) is 23.2. The summed E-state index contributed by atoms with van der Waals surface area (Å²) in [5.74, 6) is -0.0785. The molecule has 0 saturated heterocycles. The van der Waals surface area contributed by atoms with Crippen LogP contribution in [-0.2, 0) is 14.3 Å². The summed E-state index contributed by atoms with van der Waals surface area (Å²) >= 11 is 0. The first-order valence-corrected chi connectivity index (χ1v) is 26.4. The zero-order valence-corrected chi connectivity index (χ0v) is 39.7. The second-order valence-electron chi connectivity index (χ2n) is 18.2. The van der Waals surface area contributed by atoms with E-state index in [4.69, 9.17) is 4.74 Å². The van der Waals surface area contributed by atoms with Crippen LogP contribution in [0.15, 0.2) is 12.2 Å². The first-order chi connectivity index (χ1) is 29.0. The first-order valence-electron chi connectivity index (χ1n) is 26.4. The van der Waals surface area contributed by atoms with Crippen LogP contribution in [0.3, 0.4) is 0 Å². The molecule has 59 heavy (non-hydrogen) atoms. The fourth-order valence-electron chi connectivity index (χ4n) is 8.22. The highest BCUT2D eigenvalue weighted by atomic mass is 16.5. The lowest BCUT2D eigenvalue weighted by Crippen LogP contribution is -2.45. The Morgan fingerprint density at radius 3 is 1.20 bits per heavy atom. The largest absolute Gasteiger partial charge is 0.466 e. The van der Waals surface area contributed by atoms with E-state index in [1.54, 1.807) is 0 Å². The molecule has 0 aromatic rings. The van der Waals surface area contributed by atoms with Gasteiger partial charge in [-0.05, 0) is 57.8 Å². The molecular formula is C53H103NO5. The van der Waals surface area contributed by atoms with Gasteiger partial charge in [-0.2, -0.15) is 0 Å². The van der Waals surface area contributed by atoms with E-state index >= 15 is 0 Å². The SMILES string of the molecule is CCCCCCCCCCCCCCCCCCC(=O)OCCCCC/C=C\CCCCCCCC(=O)NC(CO)C(O)CCCCCCCCCCCCCCCC. The quantitative estimate of drug-likeness (QED) is 0.0322. The highest BCUT2D eigenvalue weighted by Crippen LogP contribution is 2.17. The van der Waals surface area contributed by atoms with Crippen LogP contribution < -0.4 is 5.32 Å². The number of ether oxygens (including phenoxy) is 1. The summed E-state index contributed by atoms with van der Waals surface area (Å²) in [6.07, 6.45) is 56.1. The van der Waals surface area contributed by atoms with E-state index in [2.05, 4.69) is 31.3 Å². The number of aliphatic hydroxyl groups excluding tert-OH is 2. The number of hydrogen-bond donors (Lipinski definition) is 3. The van der Waals surface area contributed by atoms with Crippen molar-refractivity contribution in [1.82, 2.24) is 5.32 Å². The summed E-state index contributed by atoms with van der Waals surface area (Å²) in [5.41, 5.74) is 0. The maximum atomic E-state index is 12.4. The minimum atomic E-state index is -0.678. The summed E-state index contributed by atoms with van der Waals surface area (Å²) in [6.45, 7) is 4.90. The number of amides is 1. The van der Waals surface area contributed by atoms with Crippen molar-refractivity contribution in [3.8, 4) is 0 Å². The van der Waals surface area contributed by atoms with Gasteiger partial charge in [-0.3, -0.25) is 9.59 Å². The van der Waals surface area contributed by atoms with Crippen molar-refractivity contribution in [2.45, 2.75) is 302 Å². The molecule has 6 heteroatoms. The van der Waals surface area contributed by atoms with Crippen LogP contribution in [0.1, 0.15) is 290 Å². The number of aliphatic hydroxyl groups is 2. The topological polar surface area (TPSA) is 95.9 Å². The fourth-order valence-corrected chi connectivity index (χ4v) is 8.22. The molecule has 350 valence electrons. The minimum absolute atomic E-state index is 0.0190. The summed E-state index contributed by atoms with van der Waals surface area (Å²) in [7, 11) is 0. The number of nitrogens with one attached hydrogen (secondary N) is 1. The average molecular weight is 834 g/mol. The monoisotopic (exact) mass is 834 g/mol. The van der Waals surface area contributed by atoms with Crippen LogP contribution in [0, 0.1) is 0 Å². The van der Waals surface area contributed by atoms with Crippen molar-refractivity contribution in [1.29, 1.82) is 0 Å². The lowest BCUT2D eigenvalue weighted by atomic mass is 10.0. The highest BCUT2D eigenvalue weighted by molar-refractivity contribution is 5.76. The Labute approximate surface area is 368 Å². The zero-order valence-electron chi connectivity index (χ0n) is 39.7. The van der Waals surface area contributed by atoms with Crippen LogP contribution in [0.2, 0.25) is 0 Å². The van der Waals surface area contributed by atoms with Crippen LogP contribution in [0.4, 0.5) is 0 Å². The molecule has 0 saturated carbocycles. The van der Waals surface area contributed by atoms with Crippen molar-refractivity contribution in [2.75, 3.05) is 13.2 Å². The lowest BCUT2D eigenvalue weighted by molar-refractivity contribution is -0.143. The van der Waals surface area contributed by atoms with Crippen molar-refractivity contribution in [3.05, 3.63) is 12.2 Å². The fraction of sp³-hybridized carbons (Fsp3) is 0.925. The van der Waals surface area contributed by atoms with Crippen LogP contribution in [0.25, 0.3) is 0 Å². The molecule has 0 bridgehead atoms. The van der Waals surface area contributed by atoms with Gasteiger partial charge < -0.3 is 20.3 Å². The third-order valence-corrected chi connectivity index (χ3v) is 12.3. The normalized spacial score (nSPS) is 12.7. The molecule has 0 aromatic carbocycles. The molecule has 1 amide bonds. The van der Waals surface area contributed by atoms with E-state index in [1.165, 1.54) is 180 Å². The first kappa shape index (κ1) is 57.6. The van der Waals surface area contributed by atoms with Crippen molar-refractivity contribution >= 4 is 11.9 Å². The Kier molecular flexibility index (Phi) is 48.1. The van der Waals surface area contributed by atoms with Gasteiger partial charge in [0.1, 0.15) is 0 Å². The number of carbonyl (C=O) groups is 2. The average Bonchev–Trinajstić information content (AvgIpc) is 3.24. The highest BCUT2D eigenvalue weighted by Gasteiger charge is 2.20. The molecule has 0 rings (SSSR count). The van der Waals surface area contributed by atoms with Crippen LogP contribution in [-0.4, -0.2) is 47.4 Å². The van der Waals surface area contributed by atoms with E-state index in [0.29, 0.717) is 25.9 Å². The maximum absolute atomic E-state index is 12.4. The number of hydrogen-bond acceptors (Lipinski definition) is 5. The molecule has 0 aliphatic carbocycles. The van der Waals surface area contributed by atoms with E-state index in [9.17, 15) is 19.8 Å². The van der Waals surface area contributed by atoms with Gasteiger partial charge in [0.05, 0.1) is 25.4 Å². The Hall–Kier alpha value is -1.40. The predicted molar refractivity (Wildman–Crippen MR) is 255 cm³/mol. The maximum Gasteiger partial charge on any atom is 0.305 e. The molecule has 0 heterocycles. The number of carbonyl (C=O) groups excluding carboxylic acids is 2. The molecule has 0 aliphatic heterocycles. The third-order valence-electron chi connectivity index (χ3n) is 12.3. The molecule has 3 N–H and O–H groups in total. The summed E-state index contributed by atoms with van der Waals surface area (Å²) in [4.78, 5) is 24.5. The predicted octanol–water partition coefficient (Wildman–Crippen LogP) is 15.7.